The van der Waals surface area contributed by atoms with Crippen molar-refractivity contribution < 1.29 is 21.9 Å². The zero-order chi connectivity index (χ0) is 14.7. The van der Waals surface area contributed by atoms with Gasteiger partial charge in [-0.05, 0) is 17.7 Å². The summed E-state index contributed by atoms with van der Waals surface area (Å²) in [5, 5.41) is 8.99. The van der Waals surface area contributed by atoms with Crippen molar-refractivity contribution in [2.75, 3.05) is 25.6 Å². The highest BCUT2D eigenvalue weighted by atomic mass is 32.2. The highest BCUT2D eigenvalue weighted by Crippen LogP contribution is 2.16. The quantitative estimate of drug-likeness (QED) is 0.789. The average molecular weight is 307 g/mol. The molecule has 0 saturated carbocycles. The molecule has 1 N–H and O–H groups in total. The first-order chi connectivity index (χ1) is 8.66. The lowest BCUT2D eigenvalue weighted by Crippen LogP contribution is -2.31. The topological polar surface area (TPSA) is 91.8 Å². The van der Waals surface area contributed by atoms with Gasteiger partial charge in [0.25, 0.3) is 0 Å². The van der Waals surface area contributed by atoms with E-state index in [1.165, 1.54) is 25.2 Å². The van der Waals surface area contributed by atoms with Gasteiger partial charge in [0.05, 0.1) is 17.3 Å². The first-order valence-corrected chi connectivity index (χ1v) is 9.01. The molecular weight excluding hydrogens is 290 g/mol. The smallest absolute Gasteiger partial charge is 0.242 e. The lowest BCUT2D eigenvalue weighted by Gasteiger charge is -2.17. The standard InChI is InChI=1S/C11H17NO5S2/c1-12(6-7-18(2,14)15)19(16,17)11-5-3-4-10(8-11)9-13/h3-5,8,13H,6-7,9H2,1-2H3. The van der Waals surface area contributed by atoms with Gasteiger partial charge in [-0.1, -0.05) is 12.1 Å². The molecule has 8 heteroatoms. The lowest BCUT2D eigenvalue weighted by atomic mass is 10.2. The number of sulfone groups is 1. The van der Waals surface area contributed by atoms with Crippen molar-refractivity contribution in [3.63, 3.8) is 0 Å². The second-order valence-electron chi connectivity index (χ2n) is 4.26. The van der Waals surface area contributed by atoms with Crippen LogP contribution >= 0.6 is 0 Å². The van der Waals surface area contributed by atoms with E-state index in [9.17, 15) is 16.8 Å². The van der Waals surface area contributed by atoms with E-state index >= 15 is 0 Å². The number of nitrogens with zero attached hydrogens (tertiary/aromatic N) is 1. The number of sulfonamides is 1. The Morgan fingerprint density at radius 1 is 1.21 bits per heavy atom. The van der Waals surface area contributed by atoms with E-state index < -0.39 is 19.9 Å². The Labute approximate surface area is 113 Å². The molecule has 1 aromatic carbocycles. The van der Waals surface area contributed by atoms with Gasteiger partial charge in [0.2, 0.25) is 10.0 Å². The molecule has 0 bridgehead atoms. The second kappa shape index (κ2) is 6.00. The van der Waals surface area contributed by atoms with Crippen LogP contribution < -0.4 is 0 Å². The van der Waals surface area contributed by atoms with Gasteiger partial charge < -0.3 is 5.11 Å². The predicted octanol–water partition coefficient (Wildman–Crippen LogP) is -0.156. The Morgan fingerprint density at radius 3 is 2.37 bits per heavy atom. The van der Waals surface area contributed by atoms with E-state index in [1.54, 1.807) is 6.07 Å². The third kappa shape index (κ3) is 4.57. The maximum Gasteiger partial charge on any atom is 0.242 e. The molecule has 1 aromatic rings. The molecule has 0 aliphatic heterocycles. The Morgan fingerprint density at radius 2 is 1.84 bits per heavy atom. The molecule has 0 saturated heterocycles. The van der Waals surface area contributed by atoms with Crippen LogP contribution in [0.15, 0.2) is 29.2 Å². The molecule has 0 amide bonds. The van der Waals surface area contributed by atoms with Gasteiger partial charge in [0.15, 0.2) is 0 Å². The van der Waals surface area contributed by atoms with Crippen LogP contribution in [0.4, 0.5) is 0 Å². The maximum atomic E-state index is 12.2. The van der Waals surface area contributed by atoms with Crippen LogP contribution in [0.1, 0.15) is 5.56 Å². The molecule has 0 atom stereocenters. The zero-order valence-corrected chi connectivity index (χ0v) is 12.4. The van der Waals surface area contributed by atoms with Crippen LogP contribution in [0.5, 0.6) is 0 Å². The first kappa shape index (κ1) is 16.1. The van der Waals surface area contributed by atoms with Crippen LogP contribution in [0.3, 0.4) is 0 Å². The van der Waals surface area contributed by atoms with Gasteiger partial charge in [-0.15, -0.1) is 0 Å². The van der Waals surface area contributed by atoms with Gasteiger partial charge in [-0.25, -0.2) is 16.8 Å². The summed E-state index contributed by atoms with van der Waals surface area (Å²) in [5.74, 6) is -0.234. The fourth-order valence-electron chi connectivity index (χ4n) is 1.40. The molecule has 0 aliphatic carbocycles. The minimum absolute atomic E-state index is 0.0371. The van der Waals surface area contributed by atoms with E-state index in [0.717, 1.165) is 10.6 Å². The van der Waals surface area contributed by atoms with Gasteiger partial charge in [0, 0.05) is 19.8 Å². The molecule has 0 spiro atoms. The van der Waals surface area contributed by atoms with E-state index in [2.05, 4.69) is 0 Å². The number of hydrogen-bond donors (Lipinski definition) is 1. The van der Waals surface area contributed by atoms with Crippen molar-refractivity contribution in [2.45, 2.75) is 11.5 Å². The van der Waals surface area contributed by atoms with Crippen LogP contribution in [0.2, 0.25) is 0 Å². The Balaban J connectivity index is 2.96. The fraction of sp³-hybridized carbons (Fsp3) is 0.455. The zero-order valence-electron chi connectivity index (χ0n) is 10.8. The molecule has 1 rings (SSSR count). The highest BCUT2D eigenvalue weighted by Gasteiger charge is 2.21. The highest BCUT2D eigenvalue weighted by molar-refractivity contribution is 7.91. The largest absolute Gasteiger partial charge is 0.392 e. The normalized spacial score (nSPS) is 12.8. The van der Waals surface area contributed by atoms with Crippen molar-refractivity contribution in [3.05, 3.63) is 29.8 Å². The molecule has 0 fully saturated rings. The van der Waals surface area contributed by atoms with Crippen LogP contribution in [-0.2, 0) is 26.5 Å². The molecule has 0 aliphatic rings. The molecular formula is C11H17NO5S2. The van der Waals surface area contributed by atoms with Crippen molar-refractivity contribution >= 4 is 19.9 Å². The number of benzene rings is 1. The molecule has 108 valence electrons. The summed E-state index contributed by atoms with van der Waals surface area (Å²) < 4.78 is 47.4. The van der Waals surface area contributed by atoms with Crippen LogP contribution in [0.25, 0.3) is 0 Å². The summed E-state index contributed by atoms with van der Waals surface area (Å²) in [4.78, 5) is 0.0371. The monoisotopic (exact) mass is 307 g/mol. The van der Waals surface area contributed by atoms with E-state index in [4.69, 9.17) is 5.11 Å². The first-order valence-electron chi connectivity index (χ1n) is 5.50. The molecule has 0 radical (unpaired) electrons. The number of hydrogen-bond acceptors (Lipinski definition) is 5. The lowest BCUT2D eigenvalue weighted by molar-refractivity contribution is 0.281. The maximum absolute atomic E-state index is 12.2. The number of aliphatic hydroxyl groups is 1. The Kier molecular flexibility index (Phi) is 5.08. The van der Waals surface area contributed by atoms with Crippen LogP contribution in [0, 0.1) is 0 Å². The Bertz CT molecular complexity index is 637. The van der Waals surface area contributed by atoms with Gasteiger partial charge in [-0.3, -0.25) is 0 Å². The van der Waals surface area contributed by atoms with E-state index in [0.29, 0.717) is 5.56 Å². The van der Waals surface area contributed by atoms with Gasteiger partial charge in [-0.2, -0.15) is 4.31 Å². The third-order valence-electron chi connectivity index (χ3n) is 2.57. The van der Waals surface area contributed by atoms with Crippen molar-refractivity contribution in [2.24, 2.45) is 0 Å². The molecule has 6 nitrogen and oxygen atoms in total. The molecule has 0 unspecified atom stereocenters. The average Bonchev–Trinajstić information content (AvgIpc) is 2.35. The summed E-state index contributed by atoms with van der Waals surface area (Å²) in [6.45, 7) is -0.360. The fourth-order valence-corrected chi connectivity index (χ4v) is 3.36. The third-order valence-corrected chi connectivity index (χ3v) is 5.34. The SMILES string of the molecule is CN(CCS(C)(=O)=O)S(=O)(=O)c1cccc(CO)c1. The summed E-state index contributed by atoms with van der Waals surface area (Å²) in [6.07, 6.45) is 1.06. The number of aliphatic hydroxyl groups excluding tert-OH is 1. The minimum atomic E-state index is -3.74. The number of rotatable bonds is 6. The Hall–Kier alpha value is -0.960. The van der Waals surface area contributed by atoms with Crippen molar-refractivity contribution in [1.82, 2.24) is 4.31 Å². The molecule has 0 aromatic heterocycles. The van der Waals surface area contributed by atoms with Gasteiger partial charge in [0.1, 0.15) is 9.84 Å². The summed E-state index contributed by atoms with van der Waals surface area (Å²) in [7, 11) is -5.63. The minimum Gasteiger partial charge on any atom is -0.392 e. The summed E-state index contributed by atoms with van der Waals surface area (Å²) >= 11 is 0. The van der Waals surface area contributed by atoms with E-state index in [-0.39, 0.29) is 23.8 Å². The summed E-state index contributed by atoms with van der Waals surface area (Å²) in [5.41, 5.74) is 0.484. The van der Waals surface area contributed by atoms with E-state index in [1.807, 2.05) is 0 Å². The van der Waals surface area contributed by atoms with Crippen molar-refractivity contribution in [1.29, 1.82) is 0 Å². The predicted molar refractivity (Wildman–Crippen MR) is 71.9 cm³/mol. The molecule has 19 heavy (non-hydrogen) atoms. The summed E-state index contributed by atoms with van der Waals surface area (Å²) in [6, 6.07) is 5.91. The van der Waals surface area contributed by atoms with Gasteiger partial charge >= 0.3 is 0 Å². The van der Waals surface area contributed by atoms with Crippen molar-refractivity contribution in [3.8, 4) is 0 Å². The molecule has 0 heterocycles. The van der Waals surface area contributed by atoms with Crippen LogP contribution in [-0.4, -0.2) is 51.8 Å². The second-order valence-corrected chi connectivity index (χ2v) is 8.57.